The number of unbranched alkanes of at least 4 members (excludes halogenated alkanes) is 16. The Morgan fingerprint density at radius 3 is 1.72 bits per heavy atom. The molecule has 8 nitrogen and oxygen atoms in total. The second kappa shape index (κ2) is 28.0. The molecule has 0 aliphatic rings. The van der Waals surface area contributed by atoms with Crippen molar-refractivity contribution in [3.8, 4) is 0 Å². The normalized spacial score (nSPS) is 15.4. The topological polar surface area (TPSA) is 108 Å². The van der Waals surface area contributed by atoms with E-state index in [0.717, 1.165) is 12.8 Å². The Morgan fingerprint density at radius 1 is 0.767 bits per heavy atom. The summed E-state index contributed by atoms with van der Waals surface area (Å²) in [5, 5.41) is 18.4. The maximum absolute atomic E-state index is 12.9. The van der Waals surface area contributed by atoms with Crippen LogP contribution in [0.3, 0.4) is 0 Å². The van der Waals surface area contributed by atoms with Gasteiger partial charge in [0.05, 0.1) is 33.9 Å². The molecule has 0 saturated heterocycles. The number of aliphatic hydroxyl groups excluding tert-OH is 1. The van der Waals surface area contributed by atoms with E-state index in [1.807, 2.05) is 0 Å². The van der Waals surface area contributed by atoms with Crippen LogP contribution in [0, 0.1) is 0 Å². The van der Waals surface area contributed by atoms with E-state index >= 15 is 0 Å². The van der Waals surface area contributed by atoms with E-state index in [1.165, 1.54) is 110 Å². The SMILES string of the molecule is CCCCCCCC/C=C\CCCCCCCCCCCCOC[C@H](COP(=O)([O-])C(CC)[N+](C)(C)CCC(O)O)OC. The van der Waals surface area contributed by atoms with Crippen LogP contribution < -0.4 is 4.89 Å². The monoisotopic (exact) mass is 635 g/mol. The Morgan fingerprint density at radius 2 is 1.26 bits per heavy atom. The molecule has 0 aliphatic heterocycles. The predicted octanol–water partition coefficient (Wildman–Crippen LogP) is 7.70. The summed E-state index contributed by atoms with van der Waals surface area (Å²) in [6.45, 7) is 5.20. The average molecular weight is 636 g/mol. The number of hydrogen-bond acceptors (Lipinski definition) is 7. The number of ether oxygens (including phenoxy) is 2. The minimum Gasteiger partial charge on any atom is -0.774 e. The van der Waals surface area contributed by atoms with E-state index in [9.17, 15) is 19.7 Å². The van der Waals surface area contributed by atoms with Gasteiger partial charge < -0.3 is 38.2 Å². The van der Waals surface area contributed by atoms with Crippen LogP contribution in [0.1, 0.15) is 142 Å². The van der Waals surface area contributed by atoms with Crippen LogP contribution in [0.25, 0.3) is 0 Å². The summed E-state index contributed by atoms with van der Waals surface area (Å²) in [6, 6.07) is 0. The van der Waals surface area contributed by atoms with Crippen molar-refractivity contribution in [1.29, 1.82) is 0 Å². The number of hydrogen-bond donors (Lipinski definition) is 2. The van der Waals surface area contributed by atoms with Crippen molar-refractivity contribution >= 4 is 7.60 Å². The first-order valence-electron chi connectivity index (χ1n) is 17.5. The van der Waals surface area contributed by atoms with Gasteiger partial charge in [0.2, 0.25) is 0 Å². The van der Waals surface area contributed by atoms with Crippen molar-refractivity contribution in [1.82, 2.24) is 0 Å². The molecule has 258 valence electrons. The molecule has 0 amide bonds. The van der Waals surface area contributed by atoms with Gasteiger partial charge in [-0.15, -0.1) is 0 Å². The largest absolute Gasteiger partial charge is 0.774 e. The van der Waals surface area contributed by atoms with Crippen LogP contribution in [0.5, 0.6) is 0 Å². The number of nitrogens with zero attached hydrogens (tertiary/aromatic N) is 1. The molecule has 0 bridgehead atoms. The van der Waals surface area contributed by atoms with Crippen molar-refractivity contribution < 1.29 is 38.2 Å². The lowest BCUT2D eigenvalue weighted by Gasteiger charge is -2.44. The zero-order chi connectivity index (χ0) is 32.2. The second-order valence-corrected chi connectivity index (χ2v) is 14.7. The molecule has 0 rings (SSSR count). The average Bonchev–Trinajstić information content (AvgIpc) is 2.96. The molecule has 9 heteroatoms. The van der Waals surface area contributed by atoms with E-state index in [4.69, 9.17) is 14.0 Å². The Balaban J connectivity index is 3.76. The Labute approximate surface area is 265 Å². The van der Waals surface area contributed by atoms with Crippen molar-refractivity contribution in [2.75, 3.05) is 47.6 Å². The summed E-state index contributed by atoms with van der Waals surface area (Å²) >= 11 is 0. The fourth-order valence-corrected chi connectivity index (χ4v) is 7.40. The van der Waals surface area contributed by atoms with Crippen LogP contribution in [0.4, 0.5) is 0 Å². The zero-order valence-corrected chi connectivity index (χ0v) is 29.6. The highest BCUT2D eigenvalue weighted by Gasteiger charge is 2.37. The molecule has 43 heavy (non-hydrogen) atoms. The molecule has 2 unspecified atom stereocenters. The molecule has 0 aromatic heterocycles. The molecule has 0 aliphatic carbocycles. The van der Waals surface area contributed by atoms with Gasteiger partial charge in [-0.05, 0) is 32.1 Å². The molecule has 0 fully saturated rings. The smallest absolute Gasteiger partial charge is 0.193 e. The summed E-state index contributed by atoms with van der Waals surface area (Å²) < 4.78 is 29.5. The van der Waals surface area contributed by atoms with Gasteiger partial charge >= 0.3 is 0 Å². The van der Waals surface area contributed by atoms with Crippen LogP contribution in [-0.2, 0) is 18.6 Å². The maximum Gasteiger partial charge on any atom is 0.193 e. The highest BCUT2D eigenvalue weighted by atomic mass is 31.2. The molecular weight excluding hydrogens is 565 g/mol. The quantitative estimate of drug-likeness (QED) is 0.0256. The molecule has 0 aromatic rings. The minimum absolute atomic E-state index is 0.0909. The van der Waals surface area contributed by atoms with Gasteiger partial charge in [-0.1, -0.05) is 109 Å². The molecule has 0 spiro atoms. The van der Waals surface area contributed by atoms with E-state index < -0.39 is 25.8 Å². The summed E-state index contributed by atoms with van der Waals surface area (Å²) in [6.07, 6.45) is 26.7. The number of aliphatic hydroxyl groups is 2. The summed E-state index contributed by atoms with van der Waals surface area (Å²) in [5.74, 6) is -0.781. The number of methoxy groups -OCH3 is 1. The second-order valence-electron chi connectivity index (χ2n) is 12.8. The molecule has 2 N–H and O–H groups in total. The molecular formula is C34H70NO7P. The first-order valence-corrected chi connectivity index (χ1v) is 19.1. The van der Waals surface area contributed by atoms with Gasteiger partial charge in [0, 0.05) is 26.6 Å². The van der Waals surface area contributed by atoms with Crippen LogP contribution >= 0.6 is 7.60 Å². The lowest BCUT2D eigenvalue weighted by atomic mass is 10.1. The fourth-order valence-electron chi connectivity index (χ4n) is 5.53. The van der Waals surface area contributed by atoms with Crippen molar-refractivity contribution in [2.24, 2.45) is 0 Å². The highest BCUT2D eigenvalue weighted by molar-refractivity contribution is 7.51. The zero-order valence-electron chi connectivity index (χ0n) is 28.7. The van der Waals surface area contributed by atoms with Gasteiger partial charge in [-0.2, -0.15) is 0 Å². The third kappa shape index (κ3) is 24.6. The molecule has 0 heterocycles. The van der Waals surface area contributed by atoms with E-state index in [0.29, 0.717) is 19.6 Å². The van der Waals surface area contributed by atoms with Gasteiger partial charge in [0.25, 0.3) is 0 Å². The molecule has 0 saturated carbocycles. The predicted molar refractivity (Wildman–Crippen MR) is 177 cm³/mol. The van der Waals surface area contributed by atoms with E-state index in [-0.39, 0.29) is 24.1 Å². The Kier molecular flexibility index (Phi) is 27.8. The number of allylic oxidation sites excluding steroid dienone is 2. The van der Waals surface area contributed by atoms with Gasteiger partial charge in [0.1, 0.15) is 6.10 Å². The fraction of sp³-hybridized carbons (Fsp3) is 0.941. The van der Waals surface area contributed by atoms with Gasteiger partial charge in [-0.3, -0.25) is 0 Å². The lowest BCUT2D eigenvalue weighted by molar-refractivity contribution is -0.904. The molecule has 0 aromatic carbocycles. The number of quaternary nitrogens is 1. The van der Waals surface area contributed by atoms with Crippen molar-refractivity contribution in [3.05, 3.63) is 12.2 Å². The van der Waals surface area contributed by atoms with Crippen LogP contribution in [0.2, 0.25) is 0 Å². The summed E-state index contributed by atoms with van der Waals surface area (Å²) in [5.41, 5.74) is 0. The lowest BCUT2D eigenvalue weighted by Crippen LogP contribution is -2.51. The van der Waals surface area contributed by atoms with Gasteiger partial charge in [-0.25, -0.2) is 0 Å². The first kappa shape index (κ1) is 42.7. The van der Waals surface area contributed by atoms with Gasteiger partial charge in [0.15, 0.2) is 19.7 Å². The number of rotatable bonds is 32. The molecule has 3 atom stereocenters. The van der Waals surface area contributed by atoms with Crippen molar-refractivity contribution in [3.63, 3.8) is 0 Å². The highest BCUT2D eigenvalue weighted by Crippen LogP contribution is 2.48. The van der Waals surface area contributed by atoms with Crippen LogP contribution in [0.15, 0.2) is 12.2 Å². The third-order valence-corrected chi connectivity index (χ3v) is 10.6. The minimum atomic E-state index is -4.21. The summed E-state index contributed by atoms with van der Waals surface area (Å²) in [7, 11) is 0.845. The molecule has 0 radical (unpaired) electrons. The van der Waals surface area contributed by atoms with E-state index in [1.54, 1.807) is 21.0 Å². The maximum atomic E-state index is 12.9. The Hall–Kier alpha value is -0.310. The summed E-state index contributed by atoms with van der Waals surface area (Å²) in [4.78, 5) is 12.9. The van der Waals surface area contributed by atoms with E-state index in [2.05, 4.69) is 19.1 Å². The van der Waals surface area contributed by atoms with Crippen LogP contribution in [-0.4, -0.2) is 80.4 Å². The third-order valence-electron chi connectivity index (χ3n) is 8.38. The Bertz CT molecular complexity index is 690. The van der Waals surface area contributed by atoms with Crippen molar-refractivity contribution in [2.45, 2.75) is 160 Å². The first-order chi connectivity index (χ1) is 20.6. The standard InChI is InChI=1S/C34H70NO7P/c1-6-8-9-10-11-12-13-14-15-16-17-18-19-20-21-22-23-24-25-26-29-41-30-32(40-5)31-42-43(38,39)33(7-2)35(3,4)28-27-34(36)37/h14-15,32-34,36-37H,6-13,16-31H2,1-5H3/b15-14-/t32-,33?/m1/s1.